The van der Waals surface area contributed by atoms with Crippen LogP contribution in [0.5, 0.6) is 5.75 Å². The number of hydrogen-bond acceptors (Lipinski definition) is 4. The second-order valence-electron chi connectivity index (χ2n) is 6.63. The first-order valence-corrected chi connectivity index (χ1v) is 9.80. The molecule has 0 radical (unpaired) electrons. The van der Waals surface area contributed by atoms with Gasteiger partial charge in [0.1, 0.15) is 22.6 Å². The average molecular weight is 362 g/mol. The van der Waals surface area contributed by atoms with Crippen molar-refractivity contribution in [1.29, 1.82) is 0 Å². The average Bonchev–Trinajstić information content (AvgIpc) is 3.18. The molecule has 5 nitrogen and oxygen atoms in total. The normalized spacial score (nSPS) is 26.5. The maximum absolute atomic E-state index is 13.3. The van der Waals surface area contributed by atoms with Crippen LogP contribution in [-0.4, -0.2) is 36.9 Å². The molecule has 132 valence electrons. The van der Waals surface area contributed by atoms with E-state index in [4.69, 9.17) is 4.74 Å². The van der Waals surface area contributed by atoms with Crippen molar-refractivity contribution in [3.8, 4) is 5.75 Å². The zero-order chi connectivity index (χ0) is 17.4. The summed E-state index contributed by atoms with van der Waals surface area (Å²) in [5, 5.41) is 0. The topological polar surface area (TPSA) is 59.5 Å². The molecule has 0 bridgehead atoms. The van der Waals surface area contributed by atoms with E-state index in [-0.39, 0.29) is 28.7 Å². The zero-order valence-electron chi connectivity index (χ0n) is 13.6. The summed E-state index contributed by atoms with van der Waals surface area (Å²) in [6, 6.07) is 9.28. The first-order chi connectivity index (χ1) is 12.0. The zero-order valence-corrected chi connectivity index (χ0v) is 14.4. The van der Waals surface area contributed by atoms with Crippen LogP contribution in [0.2, 0.25) is 0 Å². The molecular weight excluding hydrogens is 343 g/mol. The highest BCUT2D eigenvalue weighted by Gasteiger charge is 2.47. The van der Waals surface area contributed by atoms with Gasteiger partial charge in [-0.3, -0.25) is 4.98 Å². The third-order valence-electron chi connectivity index (χ3n) is 5.11. The van der Waals surface area contributed by atoms with E-state index in [9.17, 15) is 12.8 Å². The Hall–Kier alpha value is -1.99. The van der Waals surface area contributed by atoms with Crippen LogP contribution in [-0.2, 0) is 10.0 Å². The lowest BCUT2D eigenvalue weighted by atomic mass is 9.99. The number of aromatic nitrogens is 1. The van der Waals surface area contributed by atoms with Gasteiger partial charge in [0.2, 0.25) is 10.0 Å². The van der Waals surface area contributed by atoms with Crippen LogP contribution in [0.15, 0.2) is 53.7 Å². The molecule has 0 amide bonds. The van der Waals surface area contributed by atoms with Gasteiger partial charge in [-0.15, -0.1) is 0 Å². The van der Waals surface area contributed by atoms with Gasteiger partial charge in [0.15, 0.2) is 0 Å². The molecule has 1 aliphatic carbocycles. The molecule has 2 fully saturated rings. The van der Waals surface area contributed by atoms with Gasteiger partial charge in [-0.25, -0.2) is 12.8 Å². The van der Waals surface area contributed by atoms with Crippen molar-refractivity contribution in [1.82, 2.24) is 9.29 Å². The molecule has 2 aliphatic rings. The van der Waals surface area contributed by atoms with Crippen LogP contribution in [0.25, 0.3) is 0 Å². The van der Waals surface area contributed by atoms with Crippen LogP contribution in [0.3, 0.4) is 0 Å². The summed E-state index contributed by atoms with van der Waals surface area (Å²) in [6.45, 7) is 0.937. The van der Waals surface area contributed by atoms with E-state index in [0.29, 0.717) is 18.8 Å². The Kier molecular flexibility index (Phi) is 4.21. The lowest BCUT2D eigenvalue weighted by Crippen LogP contribution is -2.32. The van der Waals surface area contributed by atoms with E-state index < -0.39 is 10.0 Å². The Morgan fingerprint density at radius 1 is 1.16 bits per heavy atom. The number of halogens is 1. The monoisotopic (exact) mass is 362 g/mol. The largest absolute Gasteiger partial charge is 0.490 e. The standard InChI is InChI=1S/C18H19FN2O3S/c19-14-3-1-4-15(9-14)24-18-7-6-13-11-21(12-17(13)18)25(22,23)16-5-2-8-20-10-16/h1-5,8-10,13,17-18H,6-7,11-12H2/t13-,17+,18-/m0/s1. The number of fused-ring (bicyclic) bond motifs is 1. The van der Waals surface area contributed by atoms with E-state index in [2.05, 4.69) is 4.98 Å². The molecule has 2 heterocycles. The van der Waals surface area contributed by atoms with Gasteiger partial charge in [-0.1, -0.05) is 6.07 Å². The number of rotatable bonds is 4. The molecule has 1 aromatic carbocycles. The van der Waals surface area contributed by atoms with E-state index in [0.717, 1.165) is 12.8 Å². The second-order valence-corrected chi connectivity index (χ2v) is 8.56. The van der Waals surface area contributed by atoms with Crippen molar-refractivity contribution in [3.63, 3.8) is 0 Å². The van der Waals surface area contributed by atoms with Crippen molar-refractivity contribution in [2.75, 3.05) is 13.1 Å². The van der Waals surface area contributed by atoms with Gasteiger partial charge in [0.25, 0.3) is 0 Å². The van der Waals surface area contributed by atoms with Gasteiger partial charge in [-0.2, -0.15) is 4.31 Å². The lowest BCUT2D eigenvalue weighted by Gasteiger charge is -2.22. The Morgan fingerprint density at radius 2 is 2.04 bits per heavy atom. The molecule has 0 spiro atoms. The highest BCUT2D eigenvalue weighted by molar-refractivity contribution is 7.89. The number of benzene rings is 1. The molecule has 1 saturated heterocycles. The second kappa shape index (κ2) is 6.38. The van der Waals surface area contributed by atoms with Crippen molar-refractivity contribution in [3.05, 3.63) is 54.6 Å². The highest BCUT2D eigenvalue weighted by Crippen LogP contribution is 2.41. The quantitative estimate of drug-likeness (QED) is 0.839. The molecular formula is C18H19FN2O3S. The van der Waals surface area contributed by atoms with Crippen molar-refractivity contribution in [2.24, 2.45) is 11.8 Å². The van der Waals surface area contributed by atoms with Crippen LogP contribution in [0.1, 0.15) is 12.8 Å². The Balaban J connectivity index is 1.50. The highest BCUT2D eigenvalue weighted by atomic mass is 32.2. The fourth-order valence-electron chi connectivity index (χ4n) is 3.88. The summed E-state index contributed by atoms with van der Waals surface area (Å²) >= 11 is 0. The van der Waals surface area contributed by atoms with Crippen LogP contribution in [0.4, 0.5) is 4.39 Å². The first-order valence-electron chi connectivity index (χ1n) is 8.36. The van der Waals surface area contributed by atoms with Gasteiger partial charge in [0.05, 0.1) is 0 Å². The first kappa shape index (κ1) is 16.5. The van der Waals surface area contributed by atoms with E-state index in [1.165, 1.54) is 22.6 Å². The third kappa shape index (κ3) is 3.14. The molecule has 0 N–H and O–H groups in total. The number of nitrogens with zero attached hydrogens (tertiary/aromatic N) is 2. The SMILES string of the molecule is O=S(=O)(c1cccnc1)N1C[C@@H]2CC[C@H](Oc3cccc(F)c3)[C@@H]2C1. The molecule has 2 aromatic rings. The lowest BCUT2D eigenvalue weighted by molar-refractivity contribution is 0.154. The van der Waals surface area contributed by atoms with Crippen LogP contribution < -0.4 is 4.74 Å². The predicted molar refractivity (Wildman–Crippen MR) is 90.0 cm³/mol. The minimum Gasteiger partial charge on any atom is -0.490 e. The van der Waals surface area contributed by atoms with Gasteiger partial charge in [-0.05, 0) is 43.0 Å². The fraction of sp³-hybridized carbons (Fsp3) is 0.389. The number of sulfonamides is 1. The molecule has 0 unspecified atom stereocenters. The maximum atomic E-state index is 13.3. The van der Waals surface area contributed by atoms with Crippen LogP contribution >= 0.6 is 0 Å². The minimum atomic E-state index is -3.53. The molecule has 25 heavy (non-hydrogen) atoms. The smallest absolute Gasteiger partial charge is 0.244 e. The van der Waals surface area contributed by atoms with Gasteiger partial charge in [0, 0.05) is 37.5 Å². The van der Waals surface area contributed by atoms with E-state index in [1.807, 2.05) is 0 Å². The Morgan fingerprint density at radius 3 is 2.80 bits per heavy atom. The predicted octanol–water partition coefficient (Wildman–Crippen LogP) is 2.70. The number of pyridine rings is 1. The molecule has 1 aliphatic heterocycles. The summed E-state index contributed by atoms with van der Waals surface area (Å²) < 4.78 is 46.4. The molecule has 3 atom stereocenters. The Bertz CT molecular complexity index is 860. The maximum Gasteiger partial charge on any atom is 0.244 e. The summed E-state index contributed by atoms with van der Waals surface area (Å²) in [7, 11) is -3.53. The summed E-state index contributed by atoms with van der Waals surface area (Å²) in [6.07, 6.45) is 4.64. The summed E-state index contributed by atoms with van der Waals surface area (Å²) in [5.41, 5.74) is 0. The number of ether oxygens (including phenoxy) is 1. The summed E-state index contributed by atoms with van der Waals surface area (Å²) in [5.74, 6) is 0.582. The van der Waals surface area contributed by atoms with E-state index in [1.54, 1.807) is 30.5 Å². The molecule has 1 saturated carbocycles. The van der Waals surface area contributed by atoms with E-state index >= 15 is 0 Å². The van der Waals surface area contributed by atoms with Gasteiger partial charge < -0.3 is 4.74 Å². The number of hydrogen-bond donors (Lipinski definition) is 0. The third-order valence-corrected chi connectivity index (χ3v) is 6.93. The van der Waals surface area contributed by atoms with Crippen LogP contribution in [0, 0.1) is 17.7 Å². The fourth-order valence-corrected chi connectivity index (χ4v) is 5.38. The van der Waals surface area contributed by atoms with Gasteiger partial charge >= 0.3 is 0 Å². The van der Waals surface area contributed by atoms with Crippen molar-refractivity contribution < 1.29 is 17.5 Å². The molecule has 7 heteroatoms. The molecule has 1 aromatic heterocycles. The minimum absolute atomic E-state index is 0.0825. The Labute approximate surface area is 146 Å². The van der Waals surface area contributed by atoms with Crippen molar-refractivity contribution in [2.45, 2.75) is 23.8 Å². The molecule has 4 rings (SSSR count). The summed E-state index contributed by atoms with van der Waals surface area (Å²) in [4.78, 5) is 4.13. The van der Waals surface area contributed by atoms with Crippen molar-refractivity contribution >= 4 is 10.0 Å².